The third kappa shape index (κ3) is 18.5. The first kappa shape index (κ1) is 33.2. The van der Waals surface area contributed by atoms with Crippen molar-refractivity contribution < 1.29 is 4.57 Å². The van der Waals surface area contributed by atoms with Crippen LogP contribution in [0.3, 0.4) is 0 Å². The van der Waals surface area contributed by atoms with Gasteiger partial charge in [-0.1, -0.05) is 156 Å². The molecular weight excluding hydrogens is 436 g/mol. The van der Waals surface area contributed by atoms with Crippen LogP contribution in [-0.2, 0) is 19.5 Å². The summed E-state index contributed by atoms with van der Waals surface area (Å²) in [6.45, 7) is 9.36. The minimum Gasteiger partial charge on any atom is -0.234 e. The Bertz CT molecular complexity index is 562. The Morgan fingerprint density at radius 3 is 1.31 bits per heavy atom. The van der Waals surface area contributed by atoms with E-state index in [-0.39, 0.29) is 0 Å². The summed E-state index contributed by atoms with van der Waals surface area (Å²) in [5.74, 6) is 1.60. The molecule has 0 spiro atoms. The lowest BCUT2D eigenvalue weighted by atomic mass is 10.0. The lowest BCUT2D eigenvalue weighted by molar-refractivity contribution is -0.704. The zero-order valence-corrected chi connectivity index (χ0v) is 25.3. The monoisotopic (exact) mass is 504 g/mol. The molecule has 212 valence electrons. The number of nitrogens with zero attached hydrogens (tertiary/aromatic N) is 2. The van der Waals surface area contributed by atoms with Crippen molar-refractivity contribution in [2.45, 2.75) is 201 Å². The van der Waals surface area contributed by atoms with Gasteiger partial charge in [0.25, 0.3) is 5.82 Å². The summed E-state index contributed by atoms with van der Waals surface area (Å²) < 4.78 is 5.17. The summed E-state index contributed by atoms with van der Waals surface area (Å²) in [4.78, 5) is 0. The van der Waals surface area contributed by atoms with Crippen LogP contribution in [0.15, 0.2) is 12.4 Å². The maximum atomic E-state index is 2.60. The zero-order valence-electron chi connectivity index (χ0n) is 25.3. The molecule has 36 heavy (non-hydrogen) atoms. The molecule has 1 aromatic heterocycles. The number of imidazole rings is 1. The number of unbranched alkanes of at least 4 members (excludes halogenated alkanes) is 22. The van der Waals surface area contributed by atoms with Gasteiger partial charge < -0.3 is 0 Å². The van der Waals surface area contributed by atoms with Crippen molar-refractivity contribution >= 4 is 0 Å². The summed E-state index contributed by atoms with van der Waals surface area (Å²) in [7, 11) is 0. The minimum atomic E-state index is 1.20. The molecule has 0 fully saturated rings. The van der Waals surface area contributed by atoms with E-state index < -0.39 is 0 Å². The second-order valence-corrected chi connectivity index (χ2v) is 11.6. The standard InChI is InChI=1S/C34H67N2/c1-4-7-10-12-14-16-18-19-21-23-25-27-29-34-35(30-9-6-3)32-33-36(34)31-28-26-24-22-20-17-15-13-11-8-5-2/h32-33H,4-31H2,1-3H3/q+1. The van der Waals surface area contributed by atoms with E-state index in [1.165, 1.54) is 180 Å². The van der Waals surface area contributed by atoms with Gasteiger partial charge in [0.15, 0.2) is 0 Å². The molecule has 0 saturated heterocycles. The Morgan fingerprint density at radius 2 is 0.861 bits per heavy atom. The molecule has 1 heterocycles. The van der Waals surface area contributed by atoms with Gasteiger partial charge in [-0.15, -0.1) is 0 Å². The van der Waals surface area contributed by atoms with Crippen molar-refractivity contribution in [1.29, 1.82) is 0 Å². The smallest absolute Gasteiger partial charge is 0.234 e. The van der Waals surface area contributed by atoms with Gasteiger partial charge >= 0.3 is 0 Å². The Hall–Kier alpha value is -0.790. The van der Waals surface area contributed by atoms with Crippen molar-refractivity contribution in [2.24, 2.45) is 0 Å². The summed E-state index contributed by atoms with van der Waals surface area (Å²) in [6.07, 6.45) is 41.5. The molecule has 0 aliphatic rings. The van der Waals surface area contributed by atoms with Gasteiger partial charge in [-0.3, -0.25) is 0 Å². The second kappa shape index (κ2) is 25.8. The number of hydrogen-bond donors (Lipinski definition) is 0. The molecule has 0 saturated carbocycles. The molecule has 0 aliphatic heterocycles. The van der Waals surface area contributed by atoms with Crippen LogP contribution in [0.5, 0.6) is 0 Å². The molecule has 1 aromatic rings. The molecular formula is C34H67N2+. The largest absolute Gasteiger partial charge is 0.256 e. The molecule has 0 aromatic carbocycles. The van der Waals surface area contributed by atoms with Crippen LogP contribution in [0.1, 0.15) is 187 Å². The Kier molecular flexibility index (Phi) is 23.9. The predicted molar refractivity (Wildman–Crippen MR) is 161 cm³/mol. The summed E-state index contributed by atoms with van der Waals surface area (Å²) >= 11 is 0. The third-order valence-corrected chi connectivity index (χ3v) is 8.10. The fourth-order valence-corrected chi connectivity index (χ4v) is 5.59. The van der Waals surface area contributed by atoms with Gasteiger partial charge in [0, 0.05) is 6.42 Å². The molecule has 1 rings (SSSR count). The topological polar surface area (TPSA) is 8.81 Å². The van der Waals surface area contributed by atoms with Crippen molar-refractivity contribution in [3.8, 4) is 0 Å². The van der Waals surface area contributed by atoms with Crippen LogP contribution in [-0.4, -0.2) is 4.57 Å². The van der Waals surface area contributed by atoms with E-state index in [9.17, 15) is 0 Å². The van der Waals surface area contributed by atoms with E-state index in [4.69, 9.17) is 0 Å². The van der Waals surface area contributed by atoms with Gasteiger partial charge in [0.1, 0.15) is 12.4 Å². The molecule has 0 amide bonds. The molecule has 0 bridgehead atoms. The number of aromatic nitrogens is 2. The first-order valence-corrected chi connectivity index (χ1v) is 16.9. The van der Waals surface area contributed by atoms with Gasteiger partial charge in [0.05, 0.1) is 13.1 Å². The highest BCUT2D eigenvalue weighted by molar-refractivity contribution is 4.84. The first-order chi connectivity index (χ1) is 17.8. The van der Waals surface area contributed by atoms with Crippen LogP contribution < -0.4 is 4.57 Å². The number of aryl methyl sites for hydroxylation is 2. The van der Waals surface area contributed by atoms with Crippen LogP contribution in [0.4, 0.5) is 0 Å². The van der Waals surface area contributed by atoms with E-state index in [1.54, 1.807) is 5.82 Å². The van der Waals surface area contributed by atoms with Crippen LogP contribution in [0.25, 0.3) is 0 Å². The molecule has 0 radical (unpaired) electrons. The van der Waals surface area contributed by atoms with Gasteiger partial charge in [-0.05, 0) is 25.7 Å². The van der Waals surface area contributed by atoms with Gasteiger partial charge in [-0.25, -0.2) is 9.13 Å². The maximum absolute atomic E-state index is 2.60. The Morgan fingerprint density at radius 1 is 0.472 bits per heavy atom. The van der Waals surface area contributed by atoms with E-state index in [2.05, 4.69) is 42.3 Å². The average Bonchev–Trinajstić information content (AvgIpc) is 3.27. The van der Waals surface area contributed by atoms with Crippen molar-refractivity contribution in [3.63, 3.8) is 0 Å². The normalized spacial score (nSPS) is 11.5. The number of rotatable bonds is 28. The first-order valence-electron chi connectivity index (χ1n) is 16.9. The lowest BCUT2D eigenvalue weighted by Crippen LogP contribution is -2.37. The predicted octanol–water partition coefficient (Wildman–Crippen LogP) is 11.1. The fourth-order valence-electron chi connectivity index (χ4n) is 5.59. The van der Waals surface area contributed by atoms with Crippen molar-refractivity contribution in [1.82, 2.24) is 4.57 Å². The van der Waals surface area contributed by atoms with E-state index in [0.29, 0.717) is 0 Å². The molecule has 2 nitrogen and oxygen atoms in total. The highest BCUT2D eigenvalue weighted by atomic mass is 15.1. The van der Waals surface area contributed by atoms with Crippen LogP contribution in [0.2, 0.25) is 0 Å². The fraction of sp³-hybridized carbons (Fsp3) is 0.912. The molecule has 0 aliphatic carbocycles. The van der Waals surface area contributed by atoms with Crippen LogP contribution in [0, 0.1) is 0 Å². The van der Waals surface area contributed by atoms with Crippen molar-refractivity contribution in [3.05, 3.63) is 18.2 Å². The highest BCUT2D eigenvalue weighted by Crippen LogP contribution is 2.14. The number of hydrogen-bond acceptors (Lipinski definition) is 0. The molecule has 0 unspecified atom stereocenters. The van der Waals surface area contributed by atoms with Crippen LogP contribution >= 0.6 is 0 Å². The third-order valence-electron chi connectivity index (χ3n) is 8.10. The van der Waals surface area contributed by atoms with Crippen molar-refractivity contribution in [2.75, 3.05) is 0 Å². The zero-order chi connectivity index (χ0) is 25.9. The van der Waals surface area contributed by atoms with Gasteiger partial charge in [-0.2, -0.15) is 0 Å². The summed E-state index contributed by atoms with van der Waals surface area (Å²) in [5, 5.41) is 0. The minimum absolute atomic E-state index is 1.20. The maximum Gasteiger partial charge on any atom is 0.256 e. The summed E-state index contributed by atoms with van der Waals surface area (Å²) in [6, 6.07) is 0. The quantitative estimate of drug-likeness (QED) is 0.0794. The summed E-state index contributed by atoms with van der Waals surface area (Å²) in [5.41, 5.74) is 0. The molecule has 0 atom stereocenters. The van der Waals surface area contributed by atoms with E-state index >= 15 is 0 Å². The Labute approximate surface area is 228 Å². The van der Waals surface area contributed by atoms with E-state index in [0.717, 1.165) is 0 Å². The van der Waals surface area contributed by atoms with Gasteiger partial charge in [0.2, 0.25) is 0 Å². The second-order valence-electron chi connectivity index (χ2n) is 11.6. The average molecular weight is 504 g/mol. The van der Waals surface area contributed by atoms with E-state index in [1.807, 2.05) is 0 Å². The Balaban J connectivity index is 2.16. The molecule has 2 heteroatoms. The lowest BCUT2D eigenvalue weighted by Gasteiger charge is -2.07. The SMILES string of the molecule is CCCCCCCCCCCCCCc1n(CCCC)cc[n+]1CCCCCCCCCCCCC. The highest BCUT2D eigenvalue weighted by Gasteiger charge is 2.16. The molecule has 0 N–H and O–H groups in total.